The fraction of sp³-hybridized carbons (Fsp3) is 0.542. The van der Waals surface area contributed by atoms with E-state index < -0.39 is 0 Å². The highest BCUT2D eigenvalue weighted by Gasteiger charge is 2.22. The average Bonchev–Trinajstić information content (AvgIpc) is 3.31. The van der Waals surface area contributed by atoms with Gasteiger partial charge in [0.05, 0.1) is 11.4 Å². The first-order valence-corrected chi connectivity index (χ1v) is 10.9. The van der Waals surface area contributed by atoms with Crippen LogP contribution in [0.1, 0.15) is 71.7 Å². The first-order chi connectivity index (χ1) is 13.9. The third-order valence-corrected chi connectivity index (χ3v) is 5.60. The molecule has 0 aromatic carbocycles. The van der Waals surface area contributed by atoms with Crippen LogP contribution in [-0.2, 0) is 6.42 Å². The molecule has 5 heteroatoms. The molecule has 0 N–H and O–H groups in total. The highest BCUT2D eigenvalue weighted by atomic mass is 15.3. The Morgan fingerprint density at radius 3 is 2.55 bits per heavy atom. The van der Waals surface area contributed by atoms with Crippen molar-refractivity contribution in [3.63, 3.8) is 0 Å². The second kappa shape index (κ2) is 9.38. The number of anilines is 1. The molecule has 1 fully saturated rings. The third kappa shape index (κ3) is 4.95. The fourth-order valence-electron chi connectivity index (χ4n) is 4.04. The number of hydrogen-bond donors (Lipinski definition) is 0. The van der Waals surface area contributed by atoms with E-state index in [2.05, 4.69) is 61.2 Å². The van der Waals surface area contributed by atoms with E-state index in [1.807, 2.05) is 13.1 Å². The van der Waals surface area contributed by atoms with Crippen LogP contribution in [0.5, 0.6) is 0 Å². The van der Waals surface area contributed by atoms with Gasteiger partial charge in [0.2, 0.25) is 0 Å². The van der Waals surface area contributed by atoms with Crippen molar-refractivity contribution in [2.45, 2.75) is 73.6 Å². The Labute approximate surface area is 175 Å². The molecule has 1 aliphatic rings. The van der Waals surface area contributed by atoms with Crippen molar-refractivity contribution < 1.29 is 0 Å². The van der Waals surface area contributed by atoms with Gasteiger partial charge in [-0.1, -0.05) is 18.1 Å². The van der Waals surface area contributed by atoms with Gasteiger partial charge >= 0.3 is 0 Å². The Kier molecular flexibility index (Phi) is 6.88. The summed E-state index contributed by atoms with van der Waals surface area (Å²) in [6, 6.07) is 0. The van der Waals surface area contributed by atoms with E-state index in [1.54, 1.807) is 0 Å². The van der Waals surface area contributed by atoms with Crippen molar-refractivity contribution in [2.75, 3.05) is 18.0 Å². The zero-order valence-electron chi connectivity index (χ0n) is 18.9. The molecule has 156 valence electrons. The van der Waals surface area contributed by atoms with E-state index in [-0.39, 0.29) is 0 Å². The first-order valence-electron chi connectivity index (χ1n) is 10.9. The zero-order valence-corrected chi connectivity index (χ0v) is 18.9. The van der Waals surface area contributed by atoms with Crippen molar-refractivity contribution in [1.29, 1.82) is 0 Å². The lowest BCUT2D eigenvalue weighted by atomic mass is 10.1. The maximum Gasteiger partial charge on any atom is 0.160 e. The number of allylic oxidation sites excluding steroid dienone is 4. The number of rotatable bonds is 7. The van der Waals surface area contributed by atoms with E-state index in [4.69, 9.17) is 9.98 Å². The van der Waals surface area contributed by atoms with E-state index in [0.717, 1.165) is 49.4 Å². The molecule has 29 heavy (non-hydrogen) atoms. The van der Waals surface area contributed by atoms with E-state index >= 15 is 0 Å². The lowest BCUT2D eigenvalue weighted by molar-refractivity contribution is 0.846. The van der Waals surface area contributed by atoms with E-state index in [9.17, 15) is 0 Å². The number of fused-ring (bicyclic) bond motifs is 1. The average molecular weight is 394 g/mol. The van der Waals surface area contributed by atoms with Gasteiger partial charge in [0.25, 0.3) is 0 Å². The van der Waals surface area contributed by atoms with Crippen molar-refractivity contribution in [2.24, 2.45) is 4.99 Å². The Bertz CT molecular complexity index is 951. The Morgan fingerprint density at radius 2 is 1.90 bits per heavy atom. The van der Waals surface area contributed by atoms with Crippen LogP contribution in [0.15, 0.2) is 40.3 Å². The predicted molar refractivity (Wildman–Crippen MR) is 123 cm³/mol. The molecule has 0 bridgehead atoms. The summed E-state index contributed by atoms with van der Waals surface area (Å²) in [5.74, 6) is 1.25. The van der Waals surface area contributed by atoms with Crippen LogP contribution in [0.25, 0.3) is 5.65 Å². The molecular formula is C24H35N5. The zero-order chi connectivity index (χ0) is 21.0. The van der Waals surface area contributed by atoms with Gasteiger partial charge in [-0.25, -0.2) is 4.98 Å². The van der Waals surface area contributed by atoms with Gasteiger partial charge < -0.3 is 4.90 Å². The fourth-order valence-corrected chi connectivity index (χ4v) is 4.04. The molecule has 0 unspecified atom stereocenters. The molecule has 0 amide bonds. The summed E-state index contributed by atoms with van der Waals surface area (Å²) in [5.41, 5.74) is 8.03. The highest BCUT2D eigenvalue weighted by Crippen LogP contribution is 2.29. The van der Waals surface area contributed by atoms with E-state index in [0.29, 0.717) is 0 Å². The van der Waals surface area contributed by atoms with Crippen LogP contribution >= 0.6 is 0 Å². The summed E-state index contributed by atoms with van der Waals surface area (Å²) < 4.78 is 2.23. The molecule has 3 rings (SSSR count). The molecule has 3 heterocycles. The standard InChI is InChI=1S/C24H35N5/c1-7-18(4)21(26-19(5)16-17(2)3)10-11-22-24(28-13-8-9-14-28)29-15-12-25-20(6)23(29)27-22/h12,15-16H,7-11,13-14H2,1-6H3/b21-18-,26-19?. The number of nitrogens with zero attached hydrogens (tertiary/aromatic N) is 5. The summed E-state index contributed by atoms with van der Waals surface area (Å²) in [7, 11) is 0. The molecule has 0 aliphatic carbocycles. The molecule has 0 spiro atoms. The lowest BCUT2D eigenvalue weighted by Crippen LogP contribution is -2.21. The monoisotopic (exact) mass is 393 g/mol. The molecule has 2 aromatic rings. The van der Waals surface area contributed by atoms with Gasteiger partial charge in [-0.2, -0.15) is 0 Å². The minimum absolute atomic E-state index is 0.894. The lowest BCUT2D eigenvalue weighted by Gasteiger charge is -2.19. The second-order valence-electron chi connectivity index (χ2n) is 8.34. The first kappa shape index (κ1) is 21.3. The molecule has 1 aliphatic heterocycles. The van der Waals surface area contributed by atoms with Gasteiger partial charge in [0.1, 0.15) is 5.82 Å². The third-order valence-electron chi connectivity index (χ3n) is 5.60. The van der Waals surface area contributed by atoms with Crippen molar-refractivity contribution in [3.8, 4) is 0 Å². The Balaban J connectivity index is 1.95. The molecule has 0 saturated carbocycles. The molecular weight excluding hydrogens is 358 g/mol. The van der Waals surface area contributed by atoms with E-state index in [1.165, 1.54) is 41.2 Å². The van der Waals surface area contributed by atoms with Crippen LogP contribution in [0, 0.1) is 6.92 Å². The molecule has 5 nitrogen and oxygen atoms in total. The summed E-state index contributed by atoms with van der Waals surface area (Å²) in [5, 5.41) is 0. The number of hydrogen-bond acceptors (Lipinski definition) is 4. The van der Waals surface area contributed by atoms with Crippen molar-refractivity contribution >= 4 is 17.2 Å². The maximum atomic E-state index is 5.02. The maximum absolute atomic E-state index is 5.02. The summed E-state index contributed by atoms with van der Waals surface area (Å²) in [4.78, 5) is 16.9. The smallest absolute Gasteiger partial charge is 0.160 e. The van der Waals surface area contributed by atoms with Crippen LogP contribution in [0.4, 0.5) is 5.82 Å². The van der Waals surface area contributed by atoms with Crippen LogP contribution in [0.3, 0.4) is 0 Å². The Morgan fingerprint density at radius 1 is 1.17 bits per heavy atom. The summed E-state index contributed by atoms with van der Waals surface area (Å²) in [6.07, 6.45) is 11.4. The minimum Gasteiger partial charge on any atom is -0.356 e. The summed E-state index contributed by atoms with van der Waals surface area (Å²) in [6.45, 7) is 15.0. The normalized spacial score (nSPS) is 15.8. The SMILES string of the molecule is CC/C(C)=C(/CCc1nc2c(C)nccn2c1N1CCCC1)N=C(C)C=C(C)C. The number of imidazole rings is 1. The molecule has 0 radical (unpaired) electrons. The number of aromatic nitrogens is 3. The summed E-state index contributed by atoms with van der Waals surface area (Å²) >= 11 is 0. The van der Waals surface area contributed by atoms with Crippen LogP contribution < -0.4 is 4.90 Å². The van der Waals surface area contributed by atoms with Crippen LogP contribution in [-0.4, -0.2) is 33.2 Å². The minimum atomic E-state index is 0.894. The molecule has 0 atom stereocenters. The topological polar surface area (TPSA) is 45.8 Å². The van der Waals surface area contributed by atoms with Crippen LogP contribution in [0.2, 0.25) is 0 Å². The predicted octanol–water partition coefficient (Wildman–Crippen LogP) is 5.68. The highest BCUT2D eigenvalue weighted by molar-refractivity contribution is 5.94. The van der Waals surface area contributed by atoms with Crippen molar-refractivity contribution in [1.82, 2.24) is 14.4 Å². The van der Waals surface area contributed by atoms with Gasteiger partial charge in [0.15, 0.2) is 5.65 Å². The van der Waals surface area contributed by atoms with Gasteiger partial charge in [-0.3, -0.25) is 14.4 Å². The van der Waals surface area contributed by atoms with Gasteiger partial charge in [-0.05, 0) is 72.8 Å². The van der Waals surface area contributed by atoms with Crippen molar-refractivity contribution in [3.05, 3.63) is 46.7 Å². The molecule has 2 aromatic heterocycles. The molecule has 1 saturated heterocycles. The number of aliphatic imine (C=N–C) groups is 1. The second-order valence-corrected chi connectivity index (χ2v) is 8.34. The van der Waals surface area contributed by atoms with Gasteiger partial charge in [-0.15, -0.1) is 0 Å². The largest absolute Gasteiger partial charge is 0.356 e. The van der Waals surface area contributed by atoms with Gasteiger partial charge in [0, 0.05) is 36.9 Å². The Hall–Kier alpha value is -2.43. The number of aryl methyl sites for hydroxylation is 2. The quantitative estimate of drug-likeness (QED) is 0.568.